The third-order valence-electron chi connectivity index (χ3n) is 2.83. The van der Waals surface area contributed by atoms with Gasteiger partial charge in [-0.3, -0.25) is 0 Å². The van der Waals surface area contributed by atoms with Crippen LogP contribution in [0.3, 0.4) is 0 Å². The van der Waals surface area contributed by atoms with Crippen molar-refractivity contribution in [3.05, 3.63) is 30.2 Å². The number of ether oxygens (including phenoxy) is 1. The lowest BCUT2D eigenvalue weighted by Gasteiger charge is -2.08. The molecule has 0 unspecified atom stereocenters. The summed E-state index contributed by atoms with van der Waals surface area (Å²) in [6.45, 7) is 4.22. The molecule has 0 saturated carbocycles. The van der Waals surface area contributed by atoms with Gasteiger partial charge in [0, 0.05) is 0 Å². The molecule has 0 radical (unpaired) electrons. The van der Waals surface area contributed by atoms with E-state index in [1.54, 1.807) is 7.11 Å². The van der Waals surface area contributed by atoms with Crippen molar-refractivity contribution in [3.63, 3.8) is 0 Å². The van der Waals surface area contributed by atoms with Crippen molar-refractivity contribution >= 4 is 0 Å². The summed E-state index contributed by atoms with van der Waals surface area (Å²) in [6, 6.07) is 7.33. The predicted octanol–water partition coefficient (Wildman–Crippen LogP) is 2.79. The van der Waals surface area contributed by atoms with Gasteiger partial charge in [-0.15, -0.1) is 0 Å². The number of benzene rings is 1. The predicted molar refractivity (Wildman–Crippen MR) is 72.7 cm³/mol. The summed E-state index contributed by atoms with van der Waals surface area (Å²) in [5.74, 6) is 2.17. The second-order valence-electron chi connectivity index (χ2n) is 4.89. The third-order valence-corrected chi connectivity index (χ3v) is 2.83. The molecule has 0 fully saturated rings. The Morgan fingerprint density at radius 2 is 2.05 bits per heavy atom. The largest absolute Gasteiger partial charge is 0.496 e. The molecule has 1 heterocycles. The lowest BCUT2D eigenvalue weighted by molar-refractivity contribution is 0.335. The van der Waals surface area contributed by atoms with Gasteiger partial charge in [0.25, 0.3) is 0 Å². The van der Waals surface area contributed by atoms with Crippen LogP contribution in [0.5, 0.6) is 5.75 Å². The van der Waals surface area contributed by atoms with E-state index in [0.29, 0.717) is 23.4 Å². The molecule has 0 aliphatic heterocycles. The van der Waals surface area contributed by atoms with Gasteiger partial charge >= 0.3 is 0 Å². The number of hydrogen-bond donors (Lipinski definition) is 1. The summed E-state index contributed by atoms with van der Waals surface area (Å²) < 4.78 is 10.5. The summed E-state index contributed by atoms with van der Waals surface area (Å²) in [4.78, 5) is 4.36. The smallest absolute Gasteiger partial charge is 0.243 e. The van der Waals surface area contributed by atoms with Gasteiger partial charge in [-0.2, -0.15) is 4.98 Å². The quantitative estimate of drug-likeness (QED) is 0.895. The molecule has 1 atom stereocenters. The van der Waals surface area contributed by atoms with E-state index in [0.717, 1.165) is 12.0 Å². The topological polar surface area (TPSA) is 74.2 Å². The lowest BCUT2D eigenvalue weighted by Crippen LogP contribution is -2.13. The number of aromatic nitrogens is 2. The molecule has 0 aliphatic carbocycles. The molecule has 1 aromatic heterocycles. The van der Waals surface area contributed by atoms with Gasteiger partial charge in [0.15, 0.2) is 0 Å². The van der Waals surface area contributed by atoms with Crippen LogP contribution in [0.15, 0.2) is 28.8 Å². The first-order chi connectivity index (χ1) is 9.11. The van der Waals surface area contributed by atoms with Crippen molar-refractivity contribution in [2.24, 2.45) is 11.7 Å². The molecule has 0 spiro atoms. The molecule has 0 bridgehead atoms. The van der Waals surface area contributed by atoms with Crippen molar-refractivity contribution in [2.45, 2.75) is 26.3 Å². The number of nitrogens with zero attached hydrogens (tertiary/aromatic N) is 2. The Hall–Kier alpha value is -1.88. The first kappa shape index (κ1) is 13.5. The van der Waals surface area contributed by atoms with Crippen LogP contribution in [-0.4, -0.2) is 17.3 Å². The summed E-state index contributed by atoms with van der Waals surface area (Å²) in [6.07, 6.45) is 0.813. The normalized spacial score (nSPS) is 12.7. The van der Waals surface area contributed by atoms with Gasteiger partial charge in [-0.05, 0) is 24.5 Å². The molecule has 102 valence electrons. The van der Waals surface area contributed by atoms with Crippen LogP contribution in [0.25, 0.3) is 11.4 Å². The fourth-order valence-electron chi connectivity index (χ4n) is 1.93. The maximum atomic E-state index is 6.03. The van der Waals surface area contributed by atoms with E-state index in [4.69, 9.17) is 15.0 Å². The first-order valence-electron chi connectivity index (χ1n) is 6.34. The van der Waals surface area contributed by atoms with Crippen LogP contribution in [0, 0.1) is 5.92 Å². The number of rotatable bonds is 5. The van der Waals surface area contributed by atoms with Crippen molar-refractivity contribution in [1.29, 1.82) is 0 Å². The molecule has 0 saturated heterocycles. The maximum Gasteiger partial charge on any atom is 0.243 e. The average Bonchev–Trinajstić information content (AvgIpc) is 2.87. The molecule has 19 heavy (non-hydrogen) atoms. The van der Waals surface area contributed by atoms with Crippen LogP contribution in [0.4, 0.5) is 0 Å². The van der Waals surface area contributed by atoms with Gasteiger partial charge in [0.1, 0.15) is 5.75 Å². The molecular weight excluding hydrogens is 242 g/mol. The summed E-state index contributed by atoms with van der Waals surface area (Å²) in [5, 5.41) is 3.98. The zero-order valence-corrected chi connectivity index (χ0v) is 11.5. The Balaban J connectivity index is 2.25. The average molecular weight is 261 g/mol. The van der Waals surface area contributed by atoms with Crippen molar-refractivity contribution < 1.29 is 9.26 Å². The van der Waals surface area contributed by atoms with E-state index in [2.05, 4.69) is 24.0 Å². The SMILES string of the molecule is COc1ccccc1-c1noc([C@@H](N)CC(C)C)n1. The summed E-state index contributed by atoms with van der Waals surface area (Å²) in [7, 11) is 1.62. The highest BCUT2D eigenvalue weighted by molar-refractivity contribution is 5.63. The Morgan fingerprint density at radius 1 is 1.32 bits per heavy atom. The van der Waals surface area contributed by atoms with Gasteiger partial charge in [-0.1, -0.05) is 31.1 Å². The fourth-order valence-corrected chi connectivity index (χ4v) is 1.93. The molecule has 1 aromatic carbocycles. The number of para-hydroxylation sites is 1. The second kappa shape index (κ2) is 5.84. The molecule has 2 N–H and O–H groups in total. The Labute approximate surface area is 112 Å². The number of nitrogens with two attached hydrogens (primary N) is 1. The minimum Gasteiger partial charge on any atom is -0.496 e. The van der Waals surface area contributed by atoms with Crippen LogP contribution < -0.4 is 10.5 Å². The van der Waals surface area contributed by atoms with E-state index in [1.807, 2.05) is 24.3 Å². The van der Waals surface area contributed by atoms with Crippen LogP contribution >= 0.6 is 0 Å². The highest BCUT2D eigenvalue weighted by Crippen LogP contribution is 2.28. The first-order valence-corrected chi connectivity index (χ1v) is 6.34. The summed E-state index contributed by atoms with van der Waals surface area (Å²) >= 11 is 0. The molecular formula is C14H19N3O2. The molecule has 0 amide bonds. The van der Waals surface area contributed by atoms with Crippen LogP contribution in [0.2, 0.25) is 0 Å². The zero-order chi connectivity index (χ0) is 13.8. The van der Waals surface area contributed by atoms with Crippen LogP contribution in [-0.2, 0) is 0 Å². The van der Waals surface area contributed by atoms with E-state index in [9.17, 15) is 0 Å². The molecule has 2 aromatic rings. The van der Waals surface area contributed by atoms with Crippen molar-refractivity contribution in [3.8, 4) is 17.1 Å². The Morgan fingerprint density at radius 3 is 2.74 bits per heavy atom. The van der Waals surface area contributed by atoms with E-state index in [1.165, 1.54) is 0 Å². The third kappa shape index (κ3) is 3.12. The Kier molecular flexibility index (Phi) is 4.16. The van der Waals surface area contributed by atoms with Gasteiger partial charge in [0.2, 0.25) is 11.7 Å². The van der Waals surface area contributed by atoms with Gasteiger partial charge in [-0.25, -0.2) is 0 Å². The van der Waals surface area contributed by atoms with Gasteiger partial charge in [0.05, 0.1) is 18.7 Å². The summed E-state index contributed by atoms with van der Waals surface area (Å²) in [5.41, 5.74) is 6.83. The van der Waals surface area contributed by atoms with E-state index >= 15 is 0 Å². The highest BCUT2D eigenvalue weighted by Gasteiger charge is 2.18. The van der Waals surface area contributed by atoms with Crippen LogP contribution in [0.1, 0.15) is 32.2 Å². The zero-order valence-electron chi connectivity index (χ0n) is 11.5. The Bertz CT molecular complexity index is 537. The minimum absolute atomic E-state index is 0.226. The monoisotopic (exact) mass is 261 g/mol. The highest BCUT2D eigenvalue weighted by atomic mass is 16.5. The van der Waals surface area contributed by atoms with Crippen molar-refractivity contribution in [1.82, 2.24) is 10.1 Å². The second-order valence-corrected chi connectivity index (χ2v) is 4.89. The molecule has 2 rings (SSSR count). The maximum absolute atomic E-state index is 6.03. The minimum atomic E-state index is -0.226. The van der Waals surface area contributed by atoms with E-state index in [-0.39, 0.29) is 6.04 Å². The molecule has 5 heteroatoms. The number of methoxy groups -OCH3 is 1. The standard InChI is InChI=1S/C14H19N3O2/c1-9(2)8-11(15)14-16-13(17-19-14)10-6-4-5-7-12(10)18-3/h4-7,9,11H,8,15H2,1-3H3/t11-/m0/s1. The lowest BCUT2D eigenvalue weighted by atomic mass is 10.0. The molecule has 5 nitrogen and oxygen atoms in total. The van der Waals surface area contributed by atoms with E-state index < -0.39 is 0 Å². The molecule has 0 aliphatic rings. The fraction of sp³-hybridized carbons (Fsp3) is 0.429. The van der Waals surface area contributed by atoms with Crippen molar-refractivity contribution in [2.75, 3.05) is 7.11 Å². The van der Waals surface area contributed by atoms with Gasteiger partial charge < -0.3 is 15.0 Å². The number of hydrogen-bond acceptors (Lipinski definition) is 5.